The molecule has 1 atom stereocenters. The standard InChI is InChI=1S/C19H23ClN4O2/c1-19(13-21,15-5-6-15)22-17(25)12-23-7-9-24(10-8-23)18(26)14-3-2-4-16(20)11-14/h2-4,11,15H,5-10,12H2,1H3,(H,22,25). The molecule has 26 heavy (non-hydrogen) atoms. The smallest absolute Gasteiger partial charge is 0.253 e. The van der Waals surface area contributed by atoms with Gasteiger partial charge in [0.1, 0.15) is 5.54 Å². The molecule has 1 unspecified atom stereocenters. The minimum Gasteiger partial charge on any atom is -0.337 e. The fourth-order valence-corrected chi connectivity index (χ4v) is 3.52. The number of nitrogens with zero attached hydrogens (tertiary/aromatic N) is 3. The molecular weight excluding hydrogens is 352 g/mol. The predicted octanol–water partition coefficient (Wildman–Crippen LogP) is 1.91. The van der Waals surface area contributed by atoms with Crippen LogP contribution in [0.15, 0.2) is 24.3 Å². The SMILES string of the molecule is CC(C#N)(NC(=O)CN1CCN(C(=O)c2cccc(Cl)c2)CC1)C1CC1. The summed E-state index contributed by atoms with van der Waals surface area (Å²) in [5.74, 6) is 0.0987. The zero-order valence-corrected chi connectivity index (χ0v) is 15.6. The number of nitrogens with one attached hydrogen (secondary N) is 1. The summed E-state index contributed by atoms with van der Waals surface area (Å²) >= 11 is 5.95. The first-order valence-electron chi connectivity index (χ1n) is 8.91. The van der Waals surface area contributed by atoms with Gasteiger partial charge in [-0.05, 0) is 43.9 Å². The van der Waals surface area contributed by atoms with Crippen LogP contribution in [0.4, 0.5) is 0 Å². The minimum absolute atomic E-state index is 0.0395. The van der Waals surface area contributed by atoms with Crippen LogP contribution in [0.1, 0.15) is 30.1 Å². The lowest BCUT2D eigenvalue weighted by Gasteiger charge is -2.35. The second kappa shape index (κ2) is 7.65. The van der Waals surface area contributed by atoms with Gasteiger partial charge in [0.25, 0.3) is 5.91 Å². The van der Waals surface area contributed by atoms with Gasteiger partial charge in [0.2, 0.25) is 5.91 Å². The van der Waals surface area contributed by atoms with Crippen LogP contribution in [0.5, 0.6) is 0 Å². The van der Waals surface area contributed by atoms with Crippen molar-refractivity contribution in [2.45, 2.75) is 25.3 Å². The number of piperazine rings is 1. The number of carbonyl (C=O) groups excluding carboxylic acids is 2. The van der Waals surface area contributed by atoms with Gasteiger partial charge >= 0.3 is 0 Å². The summed E-state index contributed by atoms with van der Waals surface area (Å²) in [7, 11) is 0. The molecule has 1 aromatic rings. The van der Waals surface area contributed by atoms with E-state index in [9.17, 15) is 14.9 Å². The van der Waals surface area contributed by atoms with Crippen LogP contribution in [0.3, 0.4) is 0 Å². The summed E-state index contributed by atoms with van der Waals surface area (Å²) in [6.45, 7) is 4.44. The average molecular weight is 375 g/mol. The lowest BCUT2D eigenvalue weighted by molar-refractivity contribution is -0.124. The highest BCUT2D eigenvalue weighted by atomic mass is 35.5. The van der Waals surface area contributed by atoms with Crippen molar-refractivity contribution in [3.8, 4) is 6.07 Å². The molecule has 6 nitrogen and oxygen atoms in total. The first-order valence-corrected chi connectivity index (χ1v) is 9.28. The Kier molecular flexibility index (Phi) is 5.49. The van der Waals surface area contributed by atoms with E-state index in [2.05, 4.69) is 11.4 Å². The van der Waals surface area contributed by atoms with E-state index in [4.69, 9.17) is 11.6 Å². The van der Waals surface area contributed by atoms with E-state index in [0.29, 0.717) is 36.8 Å². The van der Waals surface area contributed by atoms with Crippen molar-refractivity contribution in [2.24, 2.45) is 5.92 Å². The summed E-state index contributed by atoms with van der Waals surface area (Å²) in [6, 6.07) is 9.18. The monoisotopic (exact) mass is 374 g/mol. The number of amides is 2. The normalized spacial score (nSPS) is 20.1. The molecule has 1 aliphatic carbocycles. The molecule has 2 aliphatic rings. The molecule has 1 aliphatic heterocycles. The maximum atomic E-state index is 12.5. The van der Waals surface area contributed by atoms with Crippen LogP contribution >= 0.6 is 11.6 Å². The molecule has 2 amide bonds. The molecule has 138 valence electrons. The van der Waals surface area contributed by atoms with Gasteiger partial charge in [0, 0.05) is 36.8 Å². The van der Waals surface area contributed by atoms with Gasteiger partial charge in [-0.1, -0.05) is 17.7 Å². The van der Waals surface area contributed by atoms with Gasteiger partial charge in [0.15, 0.2) is 0 Å². The Morgan fingerprint density at radius 3 is 2.58 bits per heavy atom. The molecule has 0 spiro atoms. The Morgan fingerprint density at radius 1 is 1.31 bits per heavy atom. The molecular formula is C19H23ClN4O2. The van der Waals surface area contributed by atoms with Gasteiger partial charge in [-0.3, -0.25) is 14.5 Å². The Bertz CT molecular complexity index is 735. The predicted molar refractivity (Wildman–Crippen MR) is 98.7 cm³/mol. The van der Waals surface area contributed by atoms with Crippen molar-refractivity contribution in [3.05, 3.63) is 34.9 Å². The highest BCUT2D eigenvalue weighted by molar-refractivity contribution is 6.30. The fourth-order valence-electron chi connectivity index (χ4n) is 3.33. The van der Waals surface area contributed by atoms with Gasteiger partial charge in [0.05, 0.1) is 12.6 Å². The summed E-state index contributed by atoms with van der Waals surface area (Å²) in [4.78, 5) is 28.6. The molecule has 3 rings (SSSR count). The van der Waals surface area contributed by atoms with E-state index < -0.39 is 5.54 Å². The number of benzene rings is 1. The maximum Gasteiger partial charge on any atom is 0.253 e. The Hall–Kier alpha value is -2.10. The van der Waals surface area contributed by atoms with Crippen molar-refractivity contribution in [1.29, 1.82) is 5.26 Å². The van der Waals surface area contributed by atoms with Gasteiger partial charge < -0.3 is 10.2 Å². The Balaban J connectivity index is 1.48. The third-order valence-corrected chi connectivity index (χ3v) is 5.36. The van der Waals surface area contributed by atoms with Crippen LogP contribution < -0.4 is 5.32 Å². The van der Waals surface area contributed by atoms with Crippen LogP contribution in [0.25, 0.3) is 0 Å². The van der Waals surface area contributed by atoms with Crippen molar-refractivity contribution >= 4 is 23.4 Å². The van der Waals surface area contributed by atoms with Crippen LogP contribution in [-0.2, 0) is 4.79 Å². The van der Waals surface area contributed by atoms with E-state index in [0.717, 1.165) is 12.8 Å². The van der Waals surface area contributed by atoms with E-state index in [-0.39, 0.29) is 24.3 Å². The second-order valence-electron chi connectivity index (χ2n) is 7.22. The summed E-state index contributed by atoms with van der Waals surface area (Å²) in [5.41, 5.74) is -0.181. The van der Waals surface area contributed by atoms with Gasteiger partial charge in [-0.25, -0.2) is 0 Å². The number of nitriles is 1. The summed E-state index contributed by atoms with van der Waals surface area (Å²) < 4.78 is 0. The van der Waals surface area contributed by atoms with Crippen LogP contribution in [-0.4, -0.2) is 59.9 Å². The third kappa shape index (κ3) is 4.35. The van der Waals surface area contributed by atoms with Gasteiger partial charge in [-0.2, -0.15) is 5.26 Å². The van der Waals surface area contributed by atoms with Crippen molar-refractivity contribution < 1.29 is 9.59 Å². The van der Waals surface area contributed by atoms with Crippen LogP contribution in [0.2, 0.25) is 5.02 Å². The second-order valence-corrected chi connectivity index (χ2v) is 7.65. The largest absolute Gasteiger partial charge is 0.337 e. The Morgan fingerprint density at radius 2 is 2.00 bits per heavy atom. The van der Waals surface area contributed by atoms with Crippen molar-refractivity contribution in [2.75, 3.05) is 32.7 Å². The number of rotatable bonds is 5. The lowest BCUT2D eigenvalue weighted by atomic mass is 9.98. The Labute approximate surface area is 158 Å². The van der Waals surface area contributed by atoms with Crippen molar-refractivity contribution in [1.82, 2.24) is 15.1 Å². The van der Waals surface area contributed by atoms with Crippen molar-refractivity contribution in [3.63, 3.8) is 0 Å². The number of hydrogen-bond acceptors (Lipinski definition) is 4. The zero-order valence-electron chi connectivity index (χ0n) is 14.9. The van der Waals surface area contributed by atoms with Crippen LogP contribution in [0, 0.1) is 17.2 Å². The van der Waals surface area contributed by atoms with E-state index >= 15 is 0 Å². The minimum atomic E-state index is -0.762. The number of hydrogen-bond donors (Lipinski definition) is 1. The first kappa shape index (κ1) is 18.7. The highest BCUT2D eigenvalue weighted by Gasteiger charge is 2.43. The maximum absolute atomic E-state index is 12.5. The summed E-state index contributed by atoms with van der Waals surface area (Å²) in [6.07, 6.45) is 1.99. The highest BCUT2D eigenvalue weighted by Crippen LogP contribution is 2.39. The summed E-state index contributed by atoms with van der Waals surface area (Å²) in [5, 5.41) is 12.8. The third-order valence-electron chi connectivity index (χ3n) is 5.12. The zero-order chi connectivity index (χ0) is 18.7. The molecule has 1 saturated carbocycles. The topological polar surface area (TPSA) is 76.4 Å². The molecule has 1 heterocycles. The average Bonchev–Trinajstić information content (AvgIpc) is 3.47. The molecule has 2 fully saturated rings. The number of carbonyl (C=O) groups is 2. The van der Waals surface area contributed by atoms with Gasteiger partial charge in [-0.15, -0.1) is 0 Å². The molecule has 7 heteroatoms. The molecule has 0 aromatic heterocycles. The molecule has 0 radical (unpaired) electrons. The number of halogens is 1. The molecule has 0 bridgehead atoms. The first-order chi connectivity index (χ1) is 12.4. The van der Waals surface area contributed by atoms with E-state index in [1.807, 2.05) is 4.90 Å². The van der Waals surface area contributed by atoms with E-state index in [1.54, 1.807) is 36.1 Å². The quantitative estimate of drug-likeness (QED) is 0.854. The lowest BCUT2D eigenvalue weighted by Crippen LogP contribution is -2.54. The molecule has 1 aromatic carbocycles. The van der Waals surface area contributed by atoms with E-state index in [1.165, 1.54) is 0 Å². The molecule has 1 N–H and O–H groups in total. The fraction of sp³-hybridized carbons (Fsp3) is 0.526. The molecule has 1 saturated heterocycles.